The number of unbranched alkanes of at least 4 members (excludes halogenated alkanes) is 1. The zero-order valence-corrected chi connectivity index (χ0v) is 13.8. The minimum absolute atomic E-state index is 0.425. The summed E-state index contributed by atoms with van der Waals surface area (Å²) in [5, 5.41) is 3.58. The van der Waals surface area contributed by atoms with Crippen LogP contribution >= 0.6 is 0 Å². The van der Waals surface area contributed by atoms with E-state index in [2.05, 4.69) is 68.2 Å². The molecule has 0 atom stereocenters. The minimum atomic E-state index is 0.425. The lowest BCUT2D eigenvalue weighted by atomic mass is 9.92. The SMILES string of the molecule is CCCCN(CCNCCC(C)(C)C)c1ccccc1. The van der Waals surface area contributed by atoms with Crippen molar-refractivity contribution in [1.82, 2.24) is 5.32 Å². The molecule has 0 aliphatic heterocycles. The van der Waals surface area contributed by atoms with Crippen LogP contribution in [-0.2, 0) is 0 Å². The maximum atomic E-state index is 3.58. The Kier molecular flexibility index (Phi) is 7.68. The molecule has 1 aromatic carbocycles. The van der Waals surface area contributed by atoms with Crippen LogP contribution in [0.3, 0.4) is 0 Å². The Morgan fingerprint density at radius 1 is 1.00 bits per heavy atom. The van der Waals surface area contributed by atoms with Gasteiger partial charge in [-0.05, 0) is 36.9 Å². The van der Waals surface area contributed by atoms with Gasteiger partial charge in [-0.3, -0.25) is 0 Å². The summed E-state index contributed by atoms with van der Waals surface area (Å²) in [6, 6.07) is 10.8. The first-order chi connectivity index (χ1) is 9.53. The van der Waals surface area contributed by atoms with Crippen LogP contribution < -0.4 is 10.2 Å². The van der Waals surface area contributed by atoms with Crippen LogP contribution in [0.25, 0.3) is 0 Å². The van der Waals surface area contributed by atoms with Crippen LogP contribution in [-0.4, -0.2) is 26.2 Å². The summed E-state index contributed by atoms with van der Waals surface area (Å²) in [7, 11) is 0. The topological polar surface area (TPSA) is 15.3 Å². The van der Waals surface area contributed by atoms with Crippen molar-refractivity contribution in [3.8, 4) is 0 Å². The summed E-state index contributed by atoms with van der Waals surface area (Å²) in [5.74, 6) is 0. The highest BCUT2D eigenvalue weighted by atomic mass is 15.1. The van der Waals surface area contributed by atoms with E-state index < -0.39 is 0 Å². The van der Waals surface area contributed by atoms with E-state index in [0.717, 1.165) is 26.2 Å². The number of rotatable bonds is 9. The quantitative estimate of drug-likeness (QED) is 0.676. The minimum Gasteiger partial charge on any atom is -0.370 e. The first-order valence-electron chi connectivity index (χ1n) is 8.03. The number of para-hydroxylation sites is 1. The van der Waals surface area contributed by atoms with Crippen LogP contribution in [0.4, 0.5) is 5.69 Å². The van der Waals surface area contributed by atoms with Gasteiger partial charge in [0, 0.05) is 25.3 Å². The van der Waals surface area contributed by atoms with Crippen molar-refractivity contribution in [3.63, 3.8) is 0 Å². The van der Waals surface area contributed by atoms with Crippen molar-refractivity contribution in [1.29, 1.82) is 0 Å². The Hall–Kier alpha value is -1.02. The summed E-state index contributed by atoms with van der Waals surface area (Å²) in [5.41, 5.74) is 1.77. The van der Waals surface area contributed by atoms with Crippen molar-refractivity contribution in [2.24, 2.45) is 5.41 Å². The maximum Gasteiger partial charge on any atom is 0.0366 e. The Morgan fingerprint density at radius 2 is 1.70 bits per heavy atom. The van der Waals surface area contributed by atoms with Gasteiger partial charge in [0.05, 0.1) is 0 Å². The first-order valence-corrected chi connectivity index (χ1v) is 8.03. The zero-order valence-electron chi connectivity index (χ0n) is 13.8. The Bertz CT molecular complexity index is 340. The fourth-order valence-electron chi connectivity index (χ4n) is 2.16. The number of anilines is 1. The molecule has 0 fully saturated rings. The van der Waals surface area contributed by atoms with Gasteiger partial charge < -0.3 is 10.2 Å². The van der Waals surface area contributed by atoms with Crippen LogP contribution in [0.2, 0.25) is 0 Å². The van der Waals surface area contributed by atoms with E-state index in [1.807, 2.05) is 0 Å². The van der Waals surface area contributed by atoms with Crippen molar-refractivity contribution >= 4 is 5.69 Å². The van der Waals surface area contributed by atoms with Crippen LogP contribution in [0.5, 0.6) is 0 Å². The van der Waals surface area contributed by atoms with Gasteiger partial charge in [0.2, 0.25) is 0 Å². The lowest BCUT2D eigenvalue weighted by molar-refractivity contribution is 0.368. The van der Waals surface area contributed by atoms with E-state index in [1.54, 1.807) is 0 Å². The van der Waals surface area contributed by atoms with Gasteiger partial charge in [-0.15, -0.1) is 0 Å². The fourth-order valence-corrected chi connectivity index (χ4v) is 2.16. The molecule has 0 heterocycles. The average molecular weight is 276 g/mol. The van der Waals surface area contributed by atoms with Gasteiger partial charge in [-0.2, -0.15) is 0 Å². The molecule has 2 nitrogen and oxygen atoms in total. The molecule has 2 heteroatoms. The molecule has 0 unspecified atom stereocenters. The van der Waals surface area contributed by atoms with E-state index in [9.17, 15) is 0 Å². The van der Waals surface area contributed by atoms with Crippen LogP contribution in [0, 0.1) is 5.41 Å². The number of benzene rings is 1. The Morgan fingerprint density at radius 3 is 2.30 bits per heavy atom. The molecule has 114 valence electrons. The second-order valence-electron chi connectivity index (χ2n) is 6.74. The van der Waals surface area contributed by atoms with E-state index in [-0.39, 0.29) is 0 Å². The summed E-state index contributed by atoms with van der Waals surface area (Å²) < 4.78 is 0. The first kappa shape index (κ1) is 17.0. The molecule has 0 aliphatic rings. The lowest BCUT2D eigenvalue weighted by Crippen LogP contribution is -2.34. The van der Waals surface area contributed by atoms with Crippen LogP contribution in [0.1, 0.15) is 47.0 Å². The number of hydrogen-bond donors (Lipinski definition) is 1. The van der Waals surface area contributed by atoms with Gasteiger partial charge in [0.1, 0.15) is 0 Å². The molecular weight excluding hydrogens is 244 g/mol. The Balaban J connectivity index is 2.34. The molecule has 20 heavy (non-hydrogen) atoms. The molecule has 0 saturated carbocycles. The highest BCUT2D eigenvalue weighted by Crippen LogP contribution is 2.17. The summed E-state index contributed by atoms with van der Waals surface area (Å²) in [4.78, 5) is 2.49. The van der Waals surface area contributed by atoms with Gasteiger partial charge in [-0.1, -0.05) is 52.3 Å². The third-order valence-electron chi connectivity index (χ3n) is 3.51. The molecule has 0 amide bonds. The van der Waals surface area contributed by atoms with Gasteiger partial charge in [0.15, 0.2) is 0 Å². The fraction of sp³-hybridized carbons (Fsp3) is 0.667. The van der Waals surface area contributed by atoms with Crippen molar-refractivity contribution in [2.45, 2.75) is 47.0 Å². The number of nitrogens with one attached hydrogen (secondary N) is 1. The highest BCUT2D eigenvalue weighted by Gasteiger charge is 2.09. The predicted molar refractivity (Wildman–Crippen MR) is 90.5 cm³/mol. The van der Waals surface area contributed by atoms with Crippen LogP contribution in [0.15, 0.2) is 30.3 Å². The van der Waals surface area contributed by atoms with E-state index >= 15 is 0 Å². The molecule has 0 saturated heterocycles. The lowest BCUT2D eigenvalue weighted by Gasteiger charge is -2.25. The van der Waals surface area contributed by atoms with E-state index in [0.29, 0.717) is 5.41 Å². The van der Waals surface area contributed by atoms with E-state index in [4.69, 9.17) is 0 Å². The summed E-state index contributed by atoms with van der Waals surface area (Å²) in [6.45, 7) is 13.6. The molecule has 0 spiro atoms. The smallest absolute Gasteiger partial charge is 0.0366 e. The molecule has 1 N–H and O–H groups in total. The molecular formula is C18H32N2. The molecule has 0 bridgehead atoms. The van der Waals surface area contributed by atoms with Crippen molar-refractivity contribution in [3.05, 3.63) is 30.3 Å². The highest BCUT2D eigenvalue weighted by molar-refractivity contribution is 5.45. The largest absolute Gasteiger partial charge is 0.370 e. The second-order valence-corrected chi connectivity index (χ2v) is 6.74. The zero-order chi connectivity index (χ0) is 14.8. The molecule has 1 aromatic rings. The third kappa shape index (κ3) is 7.54. The number of nitrogens with zero attached hydrogens (tertiary/aromatic N) is 1. The average Bonchev–Trinajstić information content (AvgIpc) is 2.41. The molecule has 0 aliphatic carbocycles. The molecule has 1 rings (SSSR count). The molecule has 0 aromatic heterocycles. The standard InChI is InChI=1S/C18H32N2/c1-5-6-15-20(17-10-8-7-9-11-17)16-14-19-13-12-18(2,3)4/h7-11,19H,5-6,12-16H2,1-4H3. The van der Waals surface area contributed by atoms with Gasteiger partial charge in [-0.25, -0.2) is 0 Å². The Labute approximate surface area is 125 Å². The van der Waals surface area contributed by atoms with Crippen molar-refractivity contribution < 1.29 is 0 Å². The number of hydrogen-bond acceptors (Lipinski definition) is 2. The summed E-state index contributed by atoms with van der Waals surface area (Å²) in [6.07, 6.45) is 3.74. The summed E-state index contributed by atoms with van der Waals surface area (Å²) >= 11 is 0. The normalized spacial score (nSPS) is 11.6. The van der Waals surface area contributed by atoms with Gasteiger partial charge in [0.25, 0.3) is 0 Å². The molecule has 0 radical (unpaired) electrons. The maximum absolute atomic E-state index is 3.58. The van der Waals surface area contributed by atoms with Crippen molar-refractivity contribution in [2.75, 3.05) is 31.1 Å². The van der Waals surface area contributed by atoms with E-state index in [1.165, 1.54) is 24.9 Å². The second kappa shape index (κ2) is 9.02. The predicted octanol–water partition coefficient (Wildman–Crippen LogP) is 4.32. The third-order valence-corrected chi connectivity index (χ3v) is 3.51. The van der Waals surface area contributed by atoms with Gasteiger partial charge >= 0.3 is 0 Å². The monoisotopic (exact) mass is 276 g/mol.